The first-order chi connectivity index (χ1) is 17.0. The fourth-order valence-corrected chi connectivity index (χ4v) is 4.20. The van der Waals surface area contributed by atoms with Gasteiger partial charge in [0.25, 0.3) is 0 Å². The minimum absolute atomic E-state index is 0.215. The van der Waals surface area contributed by atoms with E-state index in [-0.39, 0.29) is 21.7 Å². The Morgan fingerprint density at radius 3 is 0.861 bits per heavy atom. The van der Waals surface area contributed by atoms with Gasteiger partial charge in [0.2, 0.25) is 0 Å². The summed E-state index contributed by atoms with van der Waals surface area (Å²) in [6.45, 7) is 23.5. The molecule has 0 saturated carbocycles. The third-order valence-corrected chi connectivity index (χ3v) is 6.97. The summed E-state index contributed by atoms with van der Waals surface area (Å²) in [6, 6.07) is 0. The molecule has 0 radical (unpaired) electrons. The molecule has 0 spiro atoms. The fraction of sp³-hybridized carbons (Fsp3) is 1.00. The van der Waals surface area contributed by atoms with Gasteiger partial charge in [-0.2, -0.15) is 0 Å². The summed E-state index contributed by atoms with van der Waals surface area (Å²) in [5.41, 5.74) is 1.32. The lowest BCUT2D eigenvalue weighted by Gasteiger charge is -2.41. The van der Waals surface area contributed by atoms with Crippen molar-refractivity contribution in [2.45, 2.75) is 34.6 Å². The molecular formula is C27H50O9. The van der Waals surface area contributed by atoms with Gasteiger partial charge in [0.15, 0.2) is 0 Å². The normalized spacial score (nSPS) is 27.2. The topological polar surface area (TPSA) is 83.1 Å². The lowest BCUT2D eigenvalue weighted by molar-refractivity contribution is -0.188. The van der Waals surface area contributed by atoms with Gasteiger partial charge in [-0.15, -0.1) is 0 Å². The molecule has 5 aliphatic rings. The van der Waals surface area contributed by atoms with Crippen LogP contribution in [0.4, 0.5) is 0 Å². The highest BCUT2D eigenvalue weighted by molar-refractivity contribution is 4.84. The highest BCUT2D eigenvalue weighted by Crippen LogP contribution is 2.31. The van der Waals surface area contributed by atoms with Crippen LogP contribution in [0.15, 0.2) is 0 Å². The summed E-state index contributed by atoms with van der Waals surface area (Å²) in [4.78, 5) is 0. The minimum atomic E-state index is 0.215. The van der Waals surface area contributed by atoms with Crippen LogP contribution in [0, 0.1) is 27.1 Å². The van der Waals surface area contributed by atoms with Crippen molar-refractivity contribution in [1.82, 2.24) is 0 Å². The SMILES string of the molecule is CC1(COCC2(C)COC2)COC1.CC1(COCOCC2(C)COC2)COC1.COCC1(C)COC1. The van der Waals surface area contributed by atoms with Crippen molar-refractivity contribution in [3.05, 3.63) is 0 Å². The maximum absolute atomic E-state index is 5.69. The predicted octanol–water partition coefficient (Wildman–Crippen LogP) is 2.80. The van der Waals surface area contributed by atoms with Crippen molar-refractivity contribution >= 4 is 0 Å². The van der Waals surface area contributed by atoms with Crippen LogP contribution in [0.5, 0.6) is 0 Å². The molecular weight excluding hydrogens is 468 g/mol. The van der Waals surface area contributed by atoms with Gasteiger partial charge in [0.1, 0.15) is 6.79 Å². The van der Waals surface area contributed by atoms with E-state index in [9.17, 15) is 0 Å². The van der Waals surface area contributed by atoms with Crippen LogP contribution >= 0.6 is 0 Å². The zero-order valence-corrected chi connectivity index (χ0v) is 23.5. The summed E-state index contributed by atoms with van der Waals surface area (Å²) >= 11 is 0. The second kappa shape index (κ2) is 13.1. The number of ether oxygens (including phenoxy) is 9. The Bertz CT molecular complexity index is 593. The Morgan fingerprint density at radius 1 is 0.417 bits per heavy atom. The summed E-state index contributed by atoms with van der Waals surface area (Å²) in [6.07, 6.45) is 0. The van der Waals surface area contributed by atoms with E-state index in [1.165, 1.54) is 0 Å². The molecule has 0 aliphatic carbocycles. The standard InChI is InChI=1S/C11H20O4.C10H18O3.C6H12O2/c1-10(3-12-4-10)7-14-9-15-8-11(2)5-13-6-11;1-9(3-11-4-9)7-13-8-10(2)5-12-6-10;1-6(3-7-2)4-8-5-6/h3-9H2,1-2H3;3-8H2,1-2H3;3-5H2,1-2H3. The van der Waals surface area contributed by atoms with Crippen molar-refractivity contribution in [3.8, 4) is 0 Å². The molecule has 5 rings (SSSR count). The zero-order chi connectivity index (χ0) is 26.2. The van der Waals surface area contributed by atoms with Gasteiger partial charge >= 0.3 is 0 Å². The smallest absolute Gasteiger partial charge is 0.146 e. The maximum Gasteiger partial charge on any atom is 0.146 e. The van der Waals surface area contributed by atoms with E-state index in [0.29, 0.717) is 12.2 Å². The third-order valence-electron chi connectivity index (χ3n) is 6.97. The maximum atomic E-state index is 5.69. The average Bonchev–Trinajstić information content (AvgIpc) is 2.74. The highest BCUT2D eigenvalue weighted by atomic mass is 16.7. The molecule has 0 aromatic rings. The molecule has 0 unspecified atom stereocenters. The van der Waals surface area contributed by atoms with E-state index in [2.05, 4.69) is 34.6 Å². The molecule has 0 bridgehead atoms. The largest absolute Gasteiger partial charge is 0.384 e. The Kier molecular flexibility index (Phi) is 11.0. The zero-order valence-electron chi connectivity index (χ0n) is 23.5. The highest BCUT2D eigenvalue weighted by Gasteiger charge is 2.38. The monoisotopic (exact) mass is 518 g/mol. The second-order valence-electron chi connectivity index (χ2n) is 13.3. The first kappa shape index (κ1) is 30.2. The van der Waals surface area contributed by atoms with E-state index in [1.807, 2.05) is 0 Å². The van der Waals surface area contributed by atoms with Crippen LogP contribution < -0.4 is 0 Å². The molecule has 9 nitrogen and oxygen atoms in total. The van der Waals surface area contributed by atoms with Crippen LogP contribution in [-0.2, 0) is 42.6 Å². The van der Waals surface area contributed by atoms with E-state index in [4.69, 9.17) is 42.6 Å². The van der Waals surface area contributed by atoms with Gasteiger partial charge in [-0.05, 0) is 0 Å². The van der Waals surface area contributed by atoms with Gasteiger partial charge < -0.3 is 42.6 Å². The van der Waals surface area contributed by atoms with E-state index < -0.39 is 0 Å². The van der Waals surface area contributed by atoms with Gasteiger partial charge in [-0.1, -0.05) is 34.6 Å². The van der Waals surface area contributed by atoms with E-state index >= 15 is 0 Å². The molecule has 0 aromatic heterocycles. The van der Waals surface area contributed by atoms with Crippen molar-refractivity contribution in [3.63, 3.8) is 0 Å². The van der Waals surface area contributed by atoms with Gasteiger partial charge in [-0.3, -0.25) is 0 Å². The molecule has 5 heterocycles. The Labute approximate surface area is 217 Å². The molecule has 5 aliphatic heterocycles. The summed E-state index contributed by atoms with van der Waals surface area (Å²) in [5.74, 6) is 0. The van der Waals surface area contributed by atoms with Crippen molar-refractivity contribution < 1.29 is 42.6 Å². The summed E-state index contributed by atoms with van der Waals surface area (Å²) in [5, 5.41) is 0. The van der Waals surface area contributed by atoms with E-state index in [1.54, 1.807) is 7.11 Å². The van der Waals surface area contributed by atoms with Crippen molar-refractivity contribution in [2.24, 2.45) is 27.1 Å². The second-order valence-corrected chi connectivity index (χ2v) is 13.3. The third kappa shape index (κ3) is 9.43. The van der Waals surface area contributed by atoms with E-state index in [0.717, 1.165) is 99.1 Å². The summed E-state index contributed by atoms with van der Waals surface area (Å²) < 4.78 is 47.2. The van der Waals surface area contributed by atoms with Crippen LogP contribution in [0.1, 0.15) is 34.6 Å². The number of rotatable bonds is 12. The molecule has 0 aromatic carbocycles. The van der Waals surface area contributed by atoms with Gasteiger partial charge in [0.05, 0.1) is 99.1 Å². The summed E-state index contributed by atoms with van der Waals surface area (Å²) in [7, 11) is 1.73. The lowest BCUT2D eigenvalue weighted by atomic mass is 9.88. The molecule has 0 atom stereocenters. The van der Waals surface area contributed by atoms with Crippen LogP contribution in [-0.4, -0.2) is 113 Å². The Balaban J connectivity index is 0.000000157. The van der Waals surface area contributed by atoms with Crippen molar-refractivity contribution in [2.75, 3.05) is 113 Å². The molecule has 36 heavy (non-hydrogen) atoms. The Hall–Kier alpha value is -0.360. The lowest BCUT2D eigenvalue weighted by Crippen LogP contribution is -2.47. The first-order valence-electron chi connectivity index (χ1n) is 13.1. The predicted molar refractivity (Wildman–Crippen MR) is 134 cm³/mol. The number of methoxy groups -OCH3 is 1. The molecule has 5 fully saturated rings. The van der Waals surface area contributed by atoms with Gasteiger partial charge in [-0.25, -0.2) is 0 Å². The molecule has 212 valence electrons. The first-order valence-corrected chi connectivity index (χ1v) is 13.1. The average molecular weight is 519 g/mol. The van der Waals surface area contributed by atoms with Crippen LogP contribution in [0.3, 0.4) is 0 Å². The van der Waals surface area contributed by atoms with Crippen LogP contribution in [0.2, 0.25) is 0 Å². The molecule has 5 saturated heterocycles. The fourth-order valence-electron chi connectivity index (χ4n) is 4.20. The molecule has 0 N–H and O–H groups in total. The van der Waals surface area contributed by atoms with Gasteiger partial charge in [0, 0.05) is 34.2 Å². The number of hydrogen-bond donors (Lipinski definition) is 0. The minimum Gasteiger partial charge on any atom is -0.384 e. The number of hydrogen-bond acceptors (Lipinski definition) is 9. The quantitative estimate of drug-likeness (QED) is 0.286. The molecule has 9 heteroatoms. The van der Waals surface area contributed by atoms with Crippen molar-refractivity contribution in [1.29, 1.82) is 0 Å². The van der Waals surface area contributed by atoms with Crippen LogP contribution in [0.25, 0.3) is 0 Å². The molecule has 0 amide bonds. The Morgan fingerprint density at radius 2 is 0.667 bits per heavy atom.